The molecule has 0 aliphatic heterocycles. The Balaban J connectivity index is 2.18. The van der Waals surface area contributed by atoms with Crippen molar-refractivity contribution in [3.05, 3.63) is 0 Å². The zero-order valence-corrected chi connectivity index (χ0v) is 9.36. The Morgan fingerprint density at radius 1 is 1.62 bits per heavy atom. The minimum absolute atomic E-state index is 0.184. The van der Waals surface area contributed by atoms with Gasteiger partial charge in [-0.25, -0.2) is 0 Å². The van der Waals surface area contributed by atoms with E-state index in [9.17, 15) is 4.79 Å². The summed E-state index contributed by atoms with van der Waals surface area (Å²) < 4.78 is 0. The molecule has 0 radical (unpaired) electrons. The van der Waals surface area contributed by atoms with E-state index in [1.807, 2.05) is 0 Å². The summed E-state index contributed by atoms with van der Waals surface area (Å²) in [5.74, 6) is 3.70. The Morgan fingerprint density at radius 2 is 2.38 bits per heavy atom. The van der Waals surface area contributed by atoms with Crippen LogP contribution in [0.15, 0.2) is 0 Å². The van der Waals surface area contributed by atoms with Crippen LogP contribution in [0, 0.1) is 22.6 Å². The molecule has 1 aliphatic carbocycles. The molecule has 0 aromatic heterocycles. The number of nitrogens with one attached hydrogen (secondary N) is 1. The van der Waals surface area contributed by atoms with Gasteiger partial charge in [0, 0.05) is 28.4 Å². The lowest BCUT2D eigenvalue weighted by atomic mass is 10.1. The number of rotatable bonds is 2. The summed E-state index contributed by atoms with van der Waals surface area (Å²) in [5, 5.41) is 2.80. The summed E-state index contributed by atoms with van der Waals surface area (Å²) in [6.07, 6.45) is 3.77. The first-order valence-electron chi connectivity index (χ1n) is 4.62. The van der Waals surface area contributed by atoms with E-state index in [0.29, 0.717) is 5.92 Å². The van der Waals surface area contributed by atoms with Crippen LogP contribution in [0.2, 0.25) is 0 Å². The van der Waals surface area contributed by atoms with Crippen molar-refractivity contribution in [3.8, 4) is 10.8 Å². The van der Waals surface area contributed by atoms with Gasteiger partial charge in [0.15, 0.2) is 0 Å². The lowest BCUT2D eigenvalue weighted by Gasteiger charge is -2.08. The molecule has 2 atom stereocenters. The van der Waals surface area contributed by atoms with Crippen LogP contribution in [0.3, 0.4) is 0 Å². The van der Waals surface area contributed by atoms with Gasteiger partial charge in [-0.1, -0.05) is 13.3 Å². The third-order valence-electron chi connectivity index (χ3n) is 2.52. The number of hydrogen-bond acceptors (Lipinski definition) is 1. The summed E-state index contributed by atoms with van der Waals surface area (Å²) >= 11 is 2.89. The van der Waals surface area contributed by atoms with Crippen LogP contribution in [0.25, 0.3) is 0 Å². The average molecular weight is 244 g/mol. The monoisotopic (exact) mass is 243 g/mol. The molecule has 0 aromatic rings. The molecule has 1 N–H and O–H groups in total. The molecular weight excluding hydrogens is 230 g/mol. The predicted molar refractivity (Wildman–Crippen MR) is 56.2 cm³/mol. The minimum atomic E-state index is -0.184. The van der Waals surface area contributed by atoms with Gasteiger partial charge in [-0.2, -0.15) is 0 Å². The number of halogens is 1. The zero-order valence-electron chi connectivity index (χ0n) is 7.77. The summed E-state index contributed by atoms with van der Waals surface area (Å²) in [6, 6.07) is 0. The third-order valence-corrected chi connectivity index (χ3v) is 2.71. The first-order chi connectivity index (χ1) is 6.22. The molecule has 0 heterocycles. The fraction of sp³-hybridized carbons (Fsp3) is 0.700. The van der Waals surface area contributed by atoms with Crippen LogP contribution in [-0.4, -0.2) is 12.5 Å². The number of amides is 1. The standard InChI is InChI=1S/C10H14BrNO/c1-8-2-3-9(6-8)7-12-10(13)4-5-11/h8-9H,2-3,6-7H2,1H3,(H,12,13). The van der Waals surface area contributed by atoms with Crippen LogP contribution in [-0.2, 0) is 4.79 Å². The number of hydrogen-bond donors (Lipinski definition) is 1. The van der Waals surface area contributed by atoms with E-state index in [0.717, 1.165) is 12.5 Å². The number of carbonyl (C=O) groups is 1. The topological polar surface area (TPSA) is 29.1 Å². The molecule has 3 heteroatoms. The van der Waals surface area contributed by atoms with Crippen LogP contribution in [0.4, 0.5) is 0 Å². The van der Waals surface area contributed by atoms with E-state index in [2.05, 4.69) is 38.9 Å². The van der Waals surface area contributed by atoms with E-state index in [-0.39, 0.29) is 5.91 Å². The molecule has 0 spiro atoms. The average Bonchev–Trinajstić information content (AvgIpc) is 2.49. The highest BCUT2D eigenvalue weighted by atomic mass is 79.9. The van der Waals surface area contributed by atoms with E-state index in [1.54, 1.807) is 0 Å². The quantitative estimate of drug-likeness (QED) is 0.738. The SMILES string of the molecule is CC1CCC(CNC(=O)C#CBr)C1. The lowest BCUT2D eigenvalue weighted by molar-refractivity contribution is -0.115. The molecule has 0 saturated heterocycles. The van der Waals surface area contributed by atoms with Crippen molar-refractivity contribution in [2.75, 3.05) is 6.54 Å². The van der Waals surface area contributed by atoms with Crippen LogP contribution >= 0.6 is 15.9 Å². The molecular formula is C10H14BrNO. The van der Waals surface area contributed by atoms with Crippen molar-refractivity contribution < 1.29 is 4.79 Å². The second-order valence-corrected chi connectivity index (χ2v) is 4.11. The van der Waals surface area contributed by atoms with Crippen LogP contribution < -0.4 is 5.32 Å². The van der Waals surface area contributed by atoms with Crippen molar-refractivity contribution >= 4 is 21.8 Å². The van der Waals surface area contributed by atoms with Crippen molar-refractivity contribution in [2.24, 2.45) is 11.8 Å². The molecule has 1 fully saturated rings. The maximum atomic E-state index is 11.0. The molecule has 0 aromatic carbocycles. The van der Waals surface area contributed by atoms with Crippen molar-refractivity contribution in [3.63, 3.8) is 0 Å². The summed E-state index contributed by atoms with van der Waals surface area (Å²) in [6.45, 7) is 3.05. The molecule has 0 bridgehead atoms. The highest BCUT2D eigenvalue weighted by Crippen LogP contribution is 2.29. The van der Waals surface area contributed by atoms with Gasteiger partial charge >= 0.3 is 0 Å². The van der Waals surface area contributed by atoms with Crippen LogP contribution in [0.5, 0.6) is 0 Å². The van der Waals surface area contributed by atoms with Gasteiger partial charge < -0.3 is 5.32 Å². The normalized spacial score (nSPS) is 26.3. The summed E-state index contributed by atoms with van der Waals surface area (Å²) in [7, 11) is 0. The second kappa shape index (κ2) is 5.29. The molecule has 2 nitrogen and oxygen atoms in total. The van der Waals surface area contributed by atoms with Gasteiger partial charge in [0.25, 0.3) is 5.91 Å². The molecule has 2 unspecified atom stereocenters. The van der Waals surface area contributed by atoms with Crippen molar-refractivity contribution in [1.82, 2.24) is 5.32 Å². The van der Waals surface area contributed by atoms with E-state index < -0.39 is 0 Å². The maximum absolute atomic E-state index is 11.0. The number of carbonyl (C=O) groups excluding carboxylic acids is 1. The molecule has 1 amide bonds. The van der Waals surface area contributed by atoms with Crippen molar-refractivity contribution in [1.29, 1.82) is 0 Å². The van der Waals surface area contributed by atoms with E-state index >= 15 is 0 Å². The fourth-order valence-corrected chi connectivity index (χ4v) is 2.01. The molecule has 1 saturated carbocycles. The van der Waals surface area contributed by atoms with Crippen LogP contribution in [0.1, 0.15) is 26.2 Å². The van der Waals surface area contributed by atoms with Gasteiger partial charge in [0.05, 0.1) is 0 Å². The molecule has 13 heavy (non-hydrogen) atoms. The van der Waals surface area contributed by atoms with Gasteiger partial charge in [-0.05, 0) is 29.5 Å². The Kier molecular flexibility index (Phi) is 4.31. The second-order valence-electron chi connectivity index (χ2n) is 3.71. The first-order valence-corrected chi connectivity index (χ1v) is 5.41. The van der Waals surface area contributed by atoms with Crippen molar-refractivity contribution in [2.45, 2.75) is 26.2 Å². The Hall–Kier alpha value is -0.490. The zero-order chi connectivity index (χ0) is 9.68. The molecule has 72 valence electrons. The Morgan fingerprint density at radius 3 is 2.92 bits per heavy atom. The van der Waals surface area contributed by atoms with Gasteiger partial charge in [0.1, 0.15) is 0 Å². The van der Waals surface area contributed by atoms with Gasteiger partial charge in [-0.15, -0.1) is 0 Å². The highest BCUT2D eigenvalue weighted by Gasteiger charge is 2.21. The Bertz CT molecular complexity index is 241. The predicted octanol–water partition coefficient (Wildman–Crippen LogP) is 1.89. The van der Waals surface area contributed by atoms with Gasteiger partial charge in [-0.3, -0.25) is 4.79 Å². The summed E-state index contributed by atoms with van der Waals surface area (Å²) in [4.78, 5) is 13.4. The molecule has 1 rings (SSSR count). The van der Waals surface area contributed by atoms with Gasteiger partial charge in [0.2, 0.25) is 0 Å². The maximum Gasteiger partial charge on any atom is 0.296 e. The minimum Gasteiger partial charge on any atom is -0.345 e. The Labute approximate surface area is 87.6 Å². The largest absolute Gasteiger partial charge is 0.345 e. The first kappa shape index (κ1) is 10.6. The summed E-state index contributed by atoms with van der Waals surface area (Å²) in [5.41, 5.74) is 0. The van der Waals surface area contributed by atoms with E-state index in [4.69, 9.17) is 0 Å². The highest BCUT2D eigenvalue weighted by molar-refractivity contribution is 9.12. The molecule has 1 aliphatic rings. The van der Waals surface area contributed by atoms with E-state index in [1.165, 1.54) is 19.3 Å². The lowest BCUT2D eigenvalue weighted by Crippen LogP contribution is -2.27. The smallest absolute Gasteiger partial charge is 0.296 e. The third kappa shape index (κ3) is 3.82. The fourth-order valence-electron chi connectivity index (χ4n) is 1.83.